The van der Waals surface area contributed by atoms with Gasteiger partial charge in [-0.2, -0.15) is 0 Å². The molecule has 0 heterocycles. The lowest BCUT2D eigenvalue weighted by Gasteiger charge is -2.23. The van der Waals surface area contributed by atoms with Crippen LogP contribution in [0.1, 0.15) is 33.3 Å². The van der Waals surface area contributed by atoms with E-state index in [2.05, 4.69) is 39.8 Å². The van der Waals surface area contributed by atoms with Crippen molar-refractivity contribution < 1.29 is 0 Å². The zero-order chi connectivity index (χ0) is 12.3. The van der Waals surface area contributed by atoms with E-state index in [0.29, 0.717) is 11.8 Å². The molecule has 3 heteroatoms. The highest BCUT2D eigenvalue weighted by Crippen LogP contribution is 2.33. The Morgan fingerprint density at radius 1 is 1.38 bits per heavy atom. The molecule has 0 radical (unpaired) electrons. The molecule has 0 saturated heterocycles. The first-order chi connectivity index (χ1) is 7.36. The quantitative estimate of drug-likeness (QED) is 0.823. The van der Waals surface area contributed by atoms with Crippen LogP contribution in [0.4, 0.5) is 0 Å². The molecule has 0 unspecified atom stereocenters. The van der Waals surface area contributed by atoms with Gasteiger partial charge in [0.05, 0.1) is 5.02 Å². The molecular weight excluding hydrogens is 238 g/mol. The number of halogens is 1. The number of thioether (sulfide) groups is 1. The molecule has 0 aliphatic carbocycles. The van der Waals surface area contributed by atoms with Crippen LogP contribution in [0, 0.1) is 0 Å². The third-order valence-electron chi connectivity index (χ3n) is 2.59. The van der Waals surface area contributed by atoms with E-state index in [9.17, 15) is 0 Å². The Morgan fingerprint density at radius 2 is 2.00 bits per heavy atom. The fourth-order valence-corrected chi connectivity index (χ4v) is 2.53. The van der Waals surface area contributed by atoms with Crippen LogP contribution in [0.2, 0.25) is 5.02 Å². The van der Waals surface area contributed by atoms with Crippen molar-refractivity contribution in [2.45, 2.75) is 43.3 Å². The van der Waals surface area contributed by atoms with Crippen LogP contribution in [0.15, 0.2) is 23.1 Å². The maximum atomic E-state index is 6.27. The third-order valence-corrected chi connectivity index (χ3v) is 4.09. The van der Waals surface area contributed by atoms with E-state index >= 15 is 0 Å². The van der Waals surface area contributed by atoms with Gasteiger partial charge in [0.1, 0.15) is 0 Å². The number of hydrogen-bond donors (Lipinski definition) is 1. The molecular formula is C13H20ClNS. The van der Waals surface area contributed by atoms with E-state index < -0.39 is 0 Å². The molecule has 0 bridgehead atoms. The Balaban J connectivity index is 2.99. The molecule has 0 saturated carbocycles. The van der Waals surface area contributed by atoms with Crippen molar-refractivity contribution >= 4 is 23.4 Å². The van der Waals surface area contributed by atoms with Gasteiger partial charge in [0.15, 0.2) is 0 Å². The van der Waals surface area contributed by atoms with Gasteiger partial charge in [-0.25, -0.2) is 0 Å². The largest absolute Gasteiger partial charge is 0.330 e. The van der Waals surface area contributed by atoms with Crippen molar-refractivity contribution in [3.05, 3.63) is 28.8 Å². The minimum absolute atomic E-state index is 0.00926. The first-order valence-corrected chi connectivity index (χ1v) is 6.79. The number of rotatable bonds is 4. The standard InChI is InChI=1S/C13H20ClNS/c1-9(2)16-12-6-5-10(7-11(12)14)13(3,4)8-15/h5-7,9H,8,15H2,1-4H3. The van der Waals surface area contributed by atoms with Gasteiger partial charge in [-0.3, -0.25) is 0 Å². The van der Waals surface area contributed by atoms with Crippen molar-refractivity contribution in [1.82, 2.24) is 0 Å². The second kappa shape index (κ2) is 5.44. The first kappa shape index (κ1) is 13.9. The van der Waals surface area contributed by atoms with Crippen LogP contribution in [0.5, 0.6) is 0 Å². The number of hydrogen-bond acceptors (Lipinski definition) is 2. The highest BCUT2D eigenvalue weighted by molar-refractivity contribution is 8.00. The average Bonchev–Trinajstić information content (AvgIpc) is 2.20. The summed E-state index contributed by atoms with van der Waals surface area (Å²) < 4.78 is 0. The third kappa shape index (κ3) is 3.41. The van der Waals surface area contributed by atoms with Gasteiger partial charge in [0.2, 0.25) is 0 Å². The van der Waals surface area contributed by atoms with E-state index in [0.717, 1.165) is 9.92 Å². The summed E-state index contributed by atoms with van der Waals surface area (Å²) in [6.45, 7) is 9.22. The van der Waals surface area contributed by atoms with Gasteiger partial charge in [-0.05, 0) is 17.7 Å². The highest BCUT2D eigenvalue weighted by atomic mass is 35.5. The Hall–Kier alpha value is -0.180. The van der Waals surface area contributed by atoms with E-state index in [-0.39, 0.29) is 5.41 Å². The van der Waals surface area contributed by atoms with Crippen LogP contribution < -0.4 is 5.73 Å². The van der Waals surface area contributed by atoms with E-state index in [1.807, 2.05) is 6.07 Å². The van der Waals surface area contributed by atoms with Gasteiger partial charge >= 0.3 is 0 Å². The lowest BCUT2D eigenvalue weighted by Crippen LogP contribution is -2.27. The second-order valence-corrected chi connectivity index (χ2v) is 6.93. The molecule has 0 aliphatic heterocycles. The molecule has 0 aliphatic rings. The van der Waals surface area contributed by atoms with Crippen molar-refractivity contribution in [3.63, 3.8) is 0 Å². The predicted octanol–water partition coefficient (Wildman–Crippen LogP) is 4.08. The summed E-state index contributed by atoms with van der Waals surface area (Å²) in [6, 6.07) is 6.27. The monoisotopic (exact) mass is 257 g/mol. The average molecular weight is 258 g/mol. The first-order valence-electron chi connectivity index (χ1n) is 5.53. The van der Waals surface area contributed by atoms with Crippen LogP contribution >= 0.6 is 23.4 Å². The molecule has 1 rings (SSSR count). The Kier molecular flexibility index (Phi) is 4.72. The Labute approximate surface area is 108 Å². The maximum Gasteiger partial charge on any atom is 0.0544 e. The predicted molar refractivity (Wildman–Crippen MR) is 74.5 cm³/mol. The summed E-state index contributed by atoms with van der Waals surface area (Å²) in [5, 5.41) is 1.38. The molecule has 0 spiro atoms. The molecule has 0 fully saturated rings. The number of benzene rings is 1. The lowest BCUT2D eigenvalue weighted by molar-refractivity contribution is 0.539. The molecule has 1 aromatic carbocycles. The summed E-state index contributed by atoms with van der Waals surface area (Å²) in [5.41, 5.74) is 6.95. The normalized spacial score (nSPS) is 12.2. The summed E-state index contributed by atoms with van der Waals surface area (Å²) in [7, 11) is 0. The smallest absolute Gasteiger partial charge is 0.0544 e. The second-order valence-electron chi connectivity index (χ2n) is 4.90. The molecule has 0 amide bonds. The minimum Gasteiger partial charge on any atom is -0.330 e. The van der Waals surface area contributed by atoms with Crippen molar-refractivity contribution in [3.8, 4) is 0 Å². The molecule has 2 N–H and O–H groups in total. The molecule has 16 heavy (non-hydrogen) atoms. The molecule has 90 valence electrons. The minimum atomic E-state index is -0.00926. The topological polar surface area (TPSA) is 26.0 Å². The lowest BCUT2D eigenvalue weighted by atomic mass is 9.85. The van der Waals surface area contributed by atoms with Crippen molar-refractivity contribution in [2.75, 3.05) is 6.54 Å². The van der Waals surface area contributed by atoms with Crippen LogP contribution in [0.25, 0.3) is 0 Å². The van der Waals surface area contributed by atoms with E-state index in [4.69, 9.17) is 17.3 Å². The zero-order valence-corrected chi connectivity index (χ0v) is 12.0. The maximum absolute atomic E-state index is 6.27. The van der Waals surface area contributed by atoms with E-state index in [1.165, 1.54) is 5.56 Å². The van der Waals surface area contributed by atoms with Crippen LogP contribution in [-0.2, 0) is 5.41 Å². The fraction of sp³-hybridized carbons (Fsp3) is 0.538. The highest BCUT2D eigenvalue weighted by Gasteiger charge is 2.19. The van der Waals surface area contributed by atoms with E-state index in [1.54, 1.807) is 11.8 Å². The van der Waals surface area contributed by atoms with Gasteiger partial charge in [0.25, 0.3) is 0 Å². The van der Waals surface area contributed by atoms with Gasteiger partial charge in [-0.1, -0.05) is 45.4 Å². The fourth-order valence-electron chi connectivity index (χ4n) is 1.39. The van der Waals surface area contributed by atoms with Gasteiger partial charge in [0, 0.05) is 22.1 Å². The molecule has 1 nitrogen and oxygen atoms in total. The molecule has 1 aromatic rings. The number of nitrogens with two attached hydrogens (primary N) is 1. The summed E-state index contributed by atoms with van der Waals surface area (Å²) in [4.78, 5) is 1.15. The van der Waals surface area contributed by atoms with Crippen molar-refractivity contribution in [2.24, 2.45) is 5.73 Å². The van der Waals surface area contributed by atoms with Gasteiger partial charge in [-0.15, -0.1) is 11.8 Å². The van der Waals surface area contributed by atoms with Crippen LogP contribution in [0.3, 0.4) is 0 Å². The molecule has 0 atom stereocenters. The zero-order valence-electron chi connectivity index (χ0n) is 10.4. The Morgan fingerprint density at radius 3 is 2.44 bits per heavy atom. The van der Waals surface area contributed by atoms with Crippen molar-refractivity contribution in [1.29, 1.82) is 0 Å². The summed E-state index contributed by atoms with van der Waals surface area (Å²) in [6.07, 6.45) is 0. The van der Waals surface area contributed by atoms with Crippen LogP contribution in [-0.4, -0.2) is 11.8 Å². The summed E-state index contributed by atoms with van der Waals surface area (Å²) in [5.74, 6) is 0. The summed E-state index contributed by atoms with van der Waals surface area (Å²) >= 11 is 8.06. The molecule has 0 aromatic heterocycles. The Bertz CT molecular complexity index is 361. The van der Waals surface area contributed by atoms with Gasteiger partial charge < -0.3 is 5.73 Å². The SMILES string of the molecule is CC(C)Sc1ccc(C(C)(C)CN)cc1Cl.